The van der Waals surface area contributed by atoms with Gasteiger partial charge in [-0.25, -0.2) is 4.98 Å². The number of carbonyl (C=O) groups excluding carboxylic acids is 1. The van der Waals surface area contributed by atoms with E-state index in [1.165, 1.54) is 6.07 Å². The summed E-state index contributed by atoms with van der Waals surface area (Å²) in [5.41, 5.74) is 2.19. The number of aromatic carboxylic acids is 1. The van der Waals surface area contributed by atoms with Gasteiger partial charge >= 0.3 is 0 Å². The molecular weight excluding hydrogens is 290 g/mol. The summed E-state index contributed by atoms with van der Waals surface area (Å²) in [5.74, 6) is -0.472. The van der Waals surface area contributed by atoms with E-state index in [0.717, 1.165) is 11.3 Å². The molecule has 0 aliphatic heterocycles. The van der Waals surface area contributed by atoms with Crippen molar-refractivity contribution < 1.29 is 14.6 Å². The highest BCUT2D eigenvalue weighted by molar-refractivity contribution is 6.02. The summed E-state index contributed by atoms with van der Waals surface area (Å²) in [6.45, 7) is 0. The monoisotopic (exact) mass is 304 g/mol. The summed E-state index contributed by atoms with van der Waals surface area (Å²) in [6, 6.07) is 16.2. The molecule has 1 aromatic heterocycles. The Balaban J connectivity index is 2.06. The highest BCUT2D eigenvalue weighted by Gasteiger charge is 2.05. The lowest BCUT2D eigenvalue weighted by atomic mass is 10.1. The standard InChI is InChI=1S/C19H15NO3/c1-23-18-9-5-2-6-13(18)10-11-14-12-16(19(21)22)15-7-3-4-8-17(15)20-14/h2-12H,1H3,(H,21,22)/p-1/b11-10+. The molecule has 0 aliphatic carbocycles. The van der Waals surface area contributed by atoms with Crippen molar-refractivity contribution in [2.45, 2.75) is 0 Å². The Kier molecular flexibility index (Phi) is 4.06. The van der Waals surface area contributed by atoms with E-state index in [0.29, 0.717) is 16.6 Å². The van der Waals surface area contributed by atoms with Gasteiger partial charge in [-0.2, -0.15) is 0 Å². The van der Waals surface area contributed by atoms with Crippen LogP contribution in [0.4, 0.5) is 0 Å². The Labute approximate surface area is 133 Å². The molecular formula is C19H14NO3-. The molecule has 4 nitrogen and oxygen atoms in total. The van der Waals surface area contributed by atoms with Crippen LogP contribution in [-0.2, 0) is 0 Å². The Morgan fingerprint density at radius 3 is 2.61 bits per heavy atom. The van der Waals surface area contributed by atoms with E-state index in [-0.39, 0.29) is 5.56 Å². The molecule has 0 saturated heterocycles. The van der Waals surface area contributed by atoms with E-state index in [1.54, 1.807) is 31.4 Å². The van der Waals surface area contributed by atoms with Crippen LogP contribution in [-0.4, -0.2) is 18.1 Å². The fraction of sp³-hybridized carbons (Fsp3) is 0.0526. The molecule has 1 heterocycles. The van der Waals surface area contributed by atoms with Gasteiger partial charge < -0.3 is 14.6 Å². The number of carboxylic acids is 1. The predicted octanol–water partition coefficient (Wildman–Crippen LogP) is 2.78. The molecule has 0 N–H and O–H groups in total. The third kappa shape index (κ3) is 3.06. The first-order chi connectivity index (χ1) is 11.2. The zero-order valence-electron chi connectivity index (χ0n) is 12.5. The third-order valence-electron chi connectivity index (χ3n) is 3.53. The quantitative estimate of drug-likeness (QED) is 0.743. The first kappa shape index (κ1) is 14.8. The fourth-order valence-corrected chi connectivity index (χ4v) is 2.43. The van der Waals surface area contributed by atoms with E-state index < -0.39 is 5.97 Å². The average Bonchev–Trinajstić information content (AvgIpc) is 2.59. The second kappa shape index (κ2) is 6.32. The van der Waals surface area contributed by atoms with Crippen LogP contribution in [0.25, 0.3) is 23.1 Å². The molecule has 0 bridgehead atoms. The van der Waals surface area contributed by atoms with Gasteiger partial charge in [-0.1, -0.05) is 36.4 Å². The van der Waals surface area contributed by atoms with Gasteiger partial charge in [0.25, 0.3) is 0 Å². The van der Waals surface area contributed by atoms with Crippen LogP contribution >= 0.6 is 0 Å². The fourth-order valence-electron chi connectivity index (χ4n) is 2.43. The number of pyridine rings is 1. The van der Waals surface area contributed by atoms with Gasteiger partial charge in [-0.05, 0) is 30.4 Å². The predicted molar refractivity (Wildman–Crippen MR) is 88.0 cm³/mol. The summed E-state index contributed by atoms with van der Waals surface area (Å²) in [7, 11) is 1.61. The van der Waals surface area contributed by atoms with E-state index in [9.17, 15) is 9.90 Å². The molecule has 0 spiro atoms. The van der Waals surface area contributed by atoms with E-state index in [1.807, 2.05) is 36.4 Å². The van der Waals surface area contributed by atoms with Gasteiger partial charge in [0, 0.05) is 16.5 Å². The van der Waals surface area contributed by atoms with E-state index in [4.69, 9.17) is 4.74 Å². The Morgan fingerprint density at radius 2 is 1.83 bits per heavy atom. The van der Waals surface area contributed by atoms with Crippen LogP contribution in [0.15, 0.2) is 54.6 Å². The normalized spacial score (nSPS) is 11.0. The Hall–Kier alpha value is -3.14. The van der Waals surface area contributed by atoms with Crippen molar-refractivity contribution in [3.63, 3.8) is 0 Å². The first-order valence-electron chi connectivity index (χ1n) is 7.11. The Bertz CT molecular complexity index is 900. The third-order valence-corrected chi connectivity index (χ3v) is 3.53. The number of carbonyl (C=O) groups is 1. The molecule has 0 radical (unpaired) electrons. The number of methoxy groups -OCH3 is 1. The second-order valence-corrected chi connectivity index (χ2v) is 4.97. The molecule has 0 fully saturated rings. The lowest BCUT2D eigenvalue weighted by Gasteiger charge is -2.08. The molecule has 0 amide bonds. The summed E-state index contributed by atoms with van der Waals surface area (Å²) >= 11 is 0. The first-order valence-corrected chi connectivity index (χ1v) is 7.11. The SMILES string of the molecule is COc1ccccc1/C=C/c1cc(C(=O)[O-])c2ccccc2n1. The number of carboxylic acid groups (broad SMARTS) is 1. The van der Waals surface area contributed by atoms with Crippen LogP contribution in [0, 0.1) is 0 Å². The van der Waals surface area contributed by atoms with Crippen LogP contribution < -0.4 is 9.84 Å². The maximum Gasteiger partial charge on any atom is 0.126 e. The molecule has 0 saturated carbocycles. The molecule has 2 aromatic carbocycles. The van der Waals surface area contributed by atoms with Gasteiger partial charge in [0.2, 0.25) is 0 Å². The van der Waals surface area contributed by atoms with Crippen LogP contribution in [0.5, 0.6) is 5.75 Å². The van der Waals surface area contributed by atoms with Gasteiger partial charge in [-0.15, -0.1) is 0 Å². The number of hydrogen-bond donors (Lipinski definition) is 0. The number of ether oxygens (including phenoxy) is 1. The largest absolute Gasteiger partial charge is 0.545 e. The number of benzene rings is 2. The second-order valence-electron chi connectivity index (χ2n) is 4.97. The van der Waals surface area contributed by atoms with Crippen LogP contribution in [0.2, 0.25) is 0 Å². The van der Waals surface area contributed by atoms with Gasteiger partial charge in [0.05, 0.1) is 24.3 Å². The minimum Gasteiger partial charge on any atom is -0.545 e. The molecule has 3 aromatic rings. The summed E-state index contributed by atoms with van der Waals surface area (Å²) in [4.78, 5) is 15.8. The number of nitrogens with zero attached hydrogens (tertiary/aromatic N) is 1. The smallest absolute Gasteiger partial charge is 0.126 e. The van der Waals surface area contributed by atoms with Crippen LogP contribution in [0.3, 0.4) is 0 Å². The van der Waals surface area contributed by atoms with Gasteiger partial charge in [-0.3, -0.25) is 0 Å². The van der Waals surface area contributed by atoms with E-state index in [2.05, 4.69) is 4.98 Å². The summed E-state index contributed by atoms with van der Waals surface area (Å²) in [6.07, 6.45) is 3.60. The molecule has 3 rings (SSSR count). The van der Waals surface area contributed by atoms with Crippen molar-refractivity contribution >= 4 is 29.0 Å². The minimum absolute atomic E-state index is 0.135. The number of para-hydroxylation sites is 2. The average molecular weight is 304 g/mol. The van der Waals surface area contributed by atoms with Gasteiger partial charge in [0.15, 0.2) is 0 Å². The number of fused-ring (bicyclic) bond motifs is 1. The summed E-state index contributed by atoms with van der Waals surface area (Å²) < 4.78 is 5.29. The lowest BCUT2D eigenvalue weighted by molar-refractivity contribution is -0.254. The van der Waals surface area contributed by atoms with Crippen molar-refractivity contribution in [2.24, 2.45) is 0 Å². The zero-order chi connectivity index (χ0) is 16.2. The maximum atomic E-state index is 11.4. The minimum atomic E-state index is -1.21. The van der Waals surface area contributed by atoms with Crippen molar-refractivity contribution in [1.82, 2.24) is 4.98 Å². The van der Waals surface area contributed by atoms with Gasteiger partial charge in [0.1, 0.15) is 5.75 Å². The molecule has 4 heteroatoms. The Morgan fingerprint density at radius 1 is 1.09 bits per heavy atom. The number of rotatable bonds is 4. The van der Waals surface area contributed by atoms with Crippen molar-refractivity contribution in [1.29, 1.82) is 0 Å². The zero-order valence-corrected chi connectivity index (χ0v) is 12.5. The lowest BCUT2D eigenvalue weighted by Crippen LogP contribution is -2.22. The van der Waals surface area contributed by atoms with Crippen LogP contribution in [0.1, 0.15) is 21.6 Å². The molecule has 0 unspecified atom stereocenters. The topological polar surface area (TPSA) is 62.2 Å². The molecule has 0 atom stereocenters. The molecule has 23 heavy (non-hydrogen) atoms. The van der Waals surface area contributed by atoms with Crippen molar-refractivity contribution in [3.05, 3.63) is 71.4 Å². The maximum absolute atomic E-state index is 11.4. The highest BCUT2D eigenvalue weighted by atomic mass is 16.5. The number of aromatic nitrogens is 1. The highest BCUT2D eigenvalue weighted by Crippen LogP contribution is 2.22. The molecule has 114 valence electrons. The van der Waals surface area contributed by atoms with Crippen molar-refractivity contribution in [2.75, 3.05) is 7.11 Å². The number of hydrogen-bond acceptors (Lipinski definition) is 4. The van der Waals surface area contributed by atoms with E-state index >= 15 is 0 Å². The molecule has 0 aliphatic rings. The summed E-state index contributed by atoms with van der Waals surface area (Å²) in [5, 5.41) is 11.9. The van der Waals surface area contributed by atoms with Crippen molar-refractivity contribution in [3.8, 4) is 5.75 Å².